The highest BCUT2D eigenvalue weighted by molar-refractivity contribution is 6.18. The summed E-state index contributed by atoms with van der Waals surface area (Å²) in [7, 11) is 3.83. The van der Waals surface area contributed by atoms with Gasteiger partial charge in [-0.2, -0.15) is 0 Å². The van der Waals surface area contributed by atoms with E-state index in [1.165, 1.54) is 0 Å². The van der Waals surface area contributed by atoms with Crippen LogP contribution in [-0.2, 0) is 9.53 Å². The van der Waals surface area contributed by atoms with Gasteiger partial charge in [-0.15, -0.1) is 11.6 Å². The highest BCUT2D eigenvalue weighted by atomic mass is 35.5. The molecular weight excluding hydrogens is 178 g/mol. The fraction of sp³-hybridized carbons (Fsp3) is 0.875. The molecule has 0 saturated carbocycles. The highest BCUT2D eigenvalue weighted by Crippen LogP contribution is 1.97. The number of nitrogens with zero attached hydrogens (tertiary/aromatic N) is 1. The number of alkyl halides is 1. The van der Waals surface area contributed by atoms with Gasteiger partial charge in [-0.25, -0.2) is 0 Å². The summed E-state index contributed by atoms with van der Waals surface area (Å²) in [5.41, 5.74) is 0. The molecule has 0 saturated heterocycles. The van der Waals surface area contributed by atoms with Gasteiger partial charge in [0.15, 0.2) is 0 Å². The molecule has 0 aliphatic heterocycles. The number of halogens is 1. The fourth-order valence-corrected chi connectivity index (χ4v) is 0.693. The van der Waals surface area contributed by atoms with E-state index in [2.05, 4.69) is 0 Å². The Kier molecular flexibility index (Phi) is 6.11. The second-order valence-corrected chi connectivity index (χ2v) is 3.32. The lowest BCUT2D eigenvalue weighted by molar-refractivity contribution is -0.147. The van der Waals surface area contributed by atoms with Crippen LogP contribution in [0.2, 0.25) is 0 Å². The smallest absolute Gasteiger partial charge is 0.307 e. The molecule has 1 unspecified atom stereocenters. The lowest BCUT2D eigenvalue weighted by atomic mass is 10.4. The van der Waals surface area contributed by atoms with Crippen LogP contribution in [0.4, 0.5) is 0 Å². The summed E-state index contributed by atoms with van der Waals surface area (Å²) in [6, 6.07) is 0. The van der Waals surface area contributed by atoms with Crippen molar-refractivity contribution in [1.82, 2.24) is 4.90 Å². The summed E-state index contributed by atoms with van der Waals surface area (Å²) in [5.74, 6) is 0.171. The molecule has 3 nitrogen and oxygen atoms in total. The predicted octanol–water partition coefficient (Wildman–Crippen LogP) is 1.11. The minimum absolute atomic E-state index is 0.179. The van der Waals surface area contributed by atoms with Crippen LogP contribution < -0.4 is 0 Å². The van der Waals surface area contributed by atoms with E-state index in [0.717, 1.165) is 0 Å². The molecule has 1 atom stereocenters. The first-order chi connectivity index (χ1) is 5.56. The van der Waals surface area contributed by atoms with Crippen LogP contribution in [0.15, 0.2) is 0 Å². The molecule has 72 valence electrons. The quantitative estimate of drug-likeness (QED) is 0.484. The Morgan fingerprint density at radius 1 is 1.58 bits per heavy atom. The molecular formula is C8H16ClNO2. The minimum atomic E-state index is -0.183. The summed E-state index contributed by atoms with van der Waals surface area (Å²) in [6.07, 6.45) is 0.246. The van der Waals surface area contributed by atoms with Gasteiger partial charge in [0, 0.05) is 6.54 Å². The molecule has 0 aliphatic carbocycles. The maximum atomic E-state index is 11.0. The average molecular weight is 194 g/mol. The second-order valence-electron chi connectivity index (χ2n) is 3.01. The Bertz CT molecular complexity index is 139. The number of rotatable bonds is 5. The number of carbonyl (C=O) groups excluding carboxylic acids is 1. The Morgan fingerprint density at radius 2 is 2.17 bits per heavy atom. The van der Waals surface area contributed by atoms with Gasteiger partial charge in [-0.3, -0.25) is 4.79 Å². The largest absolute Gasteiger partial charge is 0.461 e. The van der Waals surface area contributed by atoms with Crippen molar-refractivity contribution in [2.45, 2.75) is 19.4 Å². The van der Waals surface area contributed by atoms with E-state index in [1.54, 1.807) is 6.92 Å². The molecule has 0 amide bonds. The van der Waals surface area contributed by atoms with Gasteiger partial charge in [-0.05, 0) is 21.0 Å². The van der Waals surface area contributed by atoms with E-state index >= 15 is 0 Å². The Morgan fingerprint density at radius 3 is 2.58 bits per heavy atom. The van der Waals surface area contributed by atoms with Crippen LogP contribution in [-0.4, -0.2) is 43.5 Å². The van der Waals surface area contributed by atoms with E-state index in [9.17, 15) is 4.79 Å². The van der Waals surface area contributed by atoms with E-state index < -0.39 is 0 Å². The van der Waals surface area contributed by atoms with Crippen LogP contribution in [0.3, 0.4) is 0 Å². The number of carbonyl (C=O) groups is 1. The lowest BCUT2D eigenvalue weighted by Gasteiger charge is -2.12. The molecule has 0 N–H and O–H groups in total. The summed E-state index contributed by atoms with van der Waals surface area (Å²) >= 11 is 5.47. The van der Waals surface area contributed by atoms with Gasteiger partial charge in [-0.1, -0.05) is 0 Å². The molecule has 0 fully saturated rings. The third kappa shape index (κ3) is 6.43. The van der Waals surface area contributed by atoms with Gasteiger partial charge in [0.05, 0.1) is 12.3 Å². The summed E-state index contributed by atoms with van der Waals surface area (Å²) in [6.45, 7) is 2.49. The molecule has 0 aromatic carbocycles. The van der Waals surface area contributed by atoms with Crippen molar-refractivity contribution >= 4 is 17.6 Å². The first kappa shape index (κ1) is 11.7. The van der Waals surface area contributed by atoms with Crippen molar-refractivity contribution in [2.24, 2.45) is 0 Å². The van der Waals surface area contributed by atoms with E-state index in [0.29, 0.717) is 18.8 Å². The highest BCUT2D eigenvalue weighted by Gasteiger charge is 2.07. The van der Waals surface area contributed by atoms with Crippen molar-refractivity contribution in [1.29, 1.82) is 0 Å². The first-order valence-electron chi connectivity index (χ1n) is 3.96. The number of hydrogen-bond donors (Lipinski definition) is 0. The van der Waals surface area contributed by atoms with Crippen LogP contribution in [0.5, 0.6) is 0 Å². The molecule has 0 bridgehead atoms. The zero-order chi connectivity index (χ0) is 9.56. The van der Waals surface area contributed by atoms with Crippen molar-refractivity contribution in [2.75, 3.05) is 26.5 Å². The van der Waals surface area contributed by atoms with Crippen LogP contribution >= 0.6 is 11.6 Å². The van der Waals surface area contributed by atoms with E-state index in [1.807, 2.05) is 19.0 Å². The van der Waals surface area contributed by atoms with E-state index in [4.69, 9.17) is 16.3 Å². The van der Waals surface area contributed by atoms with Crippen LogP contribution in [0, 0.1) is 0 Å². The SMILES string of the molecule is CC(CCl)OC(=O)CCN(C)C. The summed E-state index contributed by atoms with van der Waals surface area (Å²) in [5, 5.41) is 0. The summed E-state index contributed by atoms with van der Waals surface area (Å²) in [4.78, 5) is 12.9. The van der Waals surface area contributed by atoms with Crippen molar-refractivity contribution in [3.05, 3.63) is 0 Å². The maximum Gasteiger partial charge on any atom is 0.307 e. The first-order valence-corrected chi connectivity index (χ1v) is 4.50. The third-order valence-corrected chi connectivity index (χ3v) is 1.75. The number of ether oxygens (including phenoxy) is 1. The molecule has 0 aliphatic rings. The van der Waals surface area contributed by atoms with Gasteiger partial charge in [0.1, 0.15) is 6.10 Å². The molecule has 0 heterocycles. The number of esters is 1. The van der Waals surface area contributed by atoms with Gasteiger partial charge in [0.25, 0.3) is 0 Å². The van der Waals surface area contributed by atoms with Crippen LogP contribution in [0.1, 0.15) is 13.3 Å². The molecule has 0 aromatic rings. The molecule has 0 rings (SSSR count). The van der Waals surface area contributed by atoms with Crippen molar-refractivity contribution < 1.29 is 9.53 Å². The average Bonchev–Trinajstić information content (AvgIpc) is 2.00. The fourth-order valence-electron chi connectivity index (χ4n) is 0.630. The maximum absolute atomic E-state index is 11.0. The molecule has 0 aromatic heterocycles. The zero-order valence-electron chi connectivity index (χ0n) is 7.84. The van der Waals surface area contributed by atoms with Gasteiger partial charge >= 0.3 is 5.97 Å². The zero-order valence-corrected chi connectivity index (χ0v) is 8.60. The van der Waals surface area contributed by atoms with Gasteiger partial charge in [0.2, 0.25) is 0 Å². The molecule has 0 spiro atoms. The second kappa shape index (κ2) is 6.26. The number of hydrogen-bond acceptors (Lipinski definition) is 3. The van der Waals surface area contributed by atoms with E-state index in [-0.39, 0.29) is 12.1 Å². The summed E-state index contributed by atoms with van der Waals surface area (Å²) < 4.78 is 4.95. The van der Waals surface area contributed by atoms with Gasteiger partial charge < -0.3 is 9.64 Å². The Labute approximate surface area is 78.6 Å². The Balaban J connectivity index is 3.46. The molecule has 4 heteroatoms. The Hall–Kier alpha value is -0.280. The predicted molar refractivity (Wildman–Crippen MR) is 49.4 cm³/mol. The monoisotopic (exact) mass is 193 g/mol. The normalized spacial score (nSPS) is 13.1. The minimum Gasteiger partial charge on any atom is -0.461 e. The molecule has 0 radical (unpaired) electrons. The standard InChI is InChI=1S/C8H16ClNO2/c1-7(6-9)12-8(11)4-5-10(2)3/h7H,4-6H2,1-3H3. The van der Waals surface area contributed by atoms with Crippen molar-refractivity contribution in [3.8, 4) is 0 Å². The molecule has 12 heavy (non-hydrogen) atoms. The van der Waals surface area contributed by atoms with Crippen LogP contribution in [0.25, 0.3) is 0 Å². The van der Waals surface area contributed by atoms with Crippen molar-refractivity contribution in [3.63, 3.8) is 0 Å². The topological polar surface area (TPSA) is 29.5 Å². The third-order valence-electron chi connectivity index (χ3n) is 1.31. The lowest BCUT2D eigenvalue weighted by Crippen LogP contribution is -2.21.